The van der Waals surface area contributed by atoms with Gasteiger partial charge in [-0.25, -0.2) is 14.6 Å². The van der Waals surface area contributed by atoms with Crippen molar-refractivity contribution in [2.75, 3.05) is 36.4 Å². The molecule has 0 bridgehead atoms. The second-order valence-corrected chi connectivity index (χ2v) is 10.4. The zero-order valence-corrected chi connectivity index (χ0v) is 22.1. The molecule has 2 N–H and O–H groups in total. The number of anilines is 2. The Balaban J connectivity index is 1.40. The lowest BCUT2D eigenvalue weighted by atomic mass is 10.2. The van der Waals surface area contributed by atoms with Crippen LogP contribution in [0.25, 0.3) is 11.2 Å². The summed E-state index contributed by atoms with van der Waals surface area (Å²) in [6, 6.07) is 7.12. The van der Waals surface area contributed by atoms with Crippen molar-refractivity contribution in [1.29, 1.82) is 0 Å². The Hall–Kier alpha value is -3.80. The highest BCUT2D eigenvalue weighted by atomic mass is 16.6. The lowest BCUT2D eigenvalue weighted by Crippen LogP contribution is -2.50. The number of nitrogens with one attached hydrogen (secondary N) is 1. The number of ether oxygens (including phenoxy) is 1. The highest BCUT2D eigenvalue weighted by molar-refractivity contribution is 5.70. The van der Waals surface area contributed by atoms with Crippen molar-refractivity contribution in [3.63, 3.8) is 0 Å². The summed E-state index contributed by atoms with van der Waals surface area (Å²) in [5, 5.41) is 13.9. The zero-order valence-electron chi connectivity index (χ0n) is 22.1. The standard InChI is InChI=1S/C25H35N7O5/c1-16(32-15-26-20-19(32)22(34)29(6)23(35)28(20)5)21(33)27-17-7-9-18(10-8-17)30-11-13-31(14-12-30)24(36)37-25(2,3)4/h7-10,15-16,21,27,33H,11-14H2,1-6H3. The average molecular weight is 514 g/mol. The molecular formula is C25H35N7O5. The molecule has 0 aliphatic carbocycles. The second-order valence-electron chi connectivity index (χ2n) is 10.4. The maximum absolute atomic E-state index is 12.7. The Morgan fingerprint density at radius 1 is 1.05 bits per heavy atom. The second kappa shape index (κ2) is 9.92. The molecule has 12 heteroatoms. The van der Waals surface area contributed by atoms with Crippen LogP contribution >= 0.6 is 0 Å². The number of hydrogen-bond donors (Lipinski definition) is 2. The summed E-state index contributed by atoms with van der Waals surface area (Å²) in [6.45, 7) is 9.88. The fraction of sp³-hybridized carbons (Fsp3) is 0.520. The third kappa shape index (κ3) is 5.33. The van der Waals surface area contributed by atoms with Crippen LogP contribution in [0.5, 0.6) is 0 Å². The van der Waals surface area contributed by atoms with Gasteiger partial charge in [-0.15, -0.1) is 0 Å². The first-order valence-corrected chi connectivity index (χ1v) is 12.3. The van der Waals surface area contributed by atoms with Crippen LogP contribution < -0.4 is 21.5 Å². The Bertz CT molecular complexity index is 1390. The monoisotopic (exact) mass is 513 g/mol. The Labute approximate surface area is 214 Å². The first-order valence-electron chi connectivity index (χ1n) is 12.3. The molecule has 1 aliphatic heterocycles. The normalized spacial score (nSPS) is 16.1. The quantitative estimate of drug-likeness (QED) is 0.492. The molecular weight excluding hydrogens is 478 g/mol. The summed E-state index contributed by atoms with van der Waals surface area (Å²) in [6.07, 6.45) is 0.143. The fourth-order valence-corrected chi connectivity index (χ4v) is 4.36. The van der Waals surface area contributed by atoms with Crippen LogP contribution in [-0.4, -0.2) is 72.8 Å². The number of aryl methyl sites for hydroxylation is 1. The van der Waals surface area contributed by atoms with E-state index in [-0.39, 0.29) is 17.3 Å². The third-order valence-electron chi connectivity index (χ3n) is 6.55. The molecule has 3 aromatic rings. The van der Waals surface area contributed by atoms with Crippen molar-refractivity contribution < 1.29 is 14.6 Å². The van der Waals surface area contributed by atoms with Gasteiger partial charge >= 0.3 is 11.8 Å². The van der Waals surface area contributed by atoms with Crippen molar-refractivity contribution >= 4 is 28.6 Å². The molecule has 0 spiro atoms. The molecule has 1 fully saturated rings. The molecule has 37 heavy (non-hydrogen) atoms. The van der Waals surface area contributed by atoms with Gasteiger partial charge in [0.05, 0.1) is 12.4 Å². The minimum Gasteiger partial charge on any atom is -0.444 e. The van der Waals surface area contributed by atoms with E-state index in [1.807, 2.05) is 45.0 Å². The van der Waals surface area contributed by atoms with E-state index in [1.54, 1.807) is 23.4 Å². The number of fused-ring (bicyclic) bond motifs is 1. The van der Waals surface area contributed by atoms with Crippen LogP contribution in [-0.2, 0) is 18.8 Å². The lowest BCUT2D eigenvalue weighted by molar-refractivity contribution is 0.0240. The van der Waals surface area contributed by atoms with Crippen LogP contribution in [0.1, 0.15) is 33.7 Å². The van der Waals surface area contributed by atoms with E-state index < -0.39 is 29.1 Å². The van der Waals surface area contributed by atoms with Crippen molar-refractivity contribution in [3.05, 3.63) is 51.4 Å². The number of imidazole rings is 1. The predicted molar refractivity (Wildman–Crippen MR) is 141 cm³/mol. The predicted octanol–water partition coefficient (Wildman–Crippen LogP) is 1.48. The molecule has 4 rings (SSSR count). The molecule has 200 valence electrons. The highest BCUT2D eigenvalue weighted by Crippen LogP contribution is 2.23. The van der Waals surface area contributed by atoms with Crippen molar-refractivity contribution in [3.8, 4) is 0 Å². The van der Waals surface area contributed by atoms with Crippen molar-refractivity contribution in [2.45, 2.75) is 45.6 Å². The van der Waals surface area contributed by atoms with E-state index in [9.17, 15) is 19.5 Å². The van der Waals surface area contributed by atoms with Crippen LogP contribution in [0.15, 0.2) is 40.2 Å². The SMILES string of the molecule is CC(C(O)Nc1ccc(N2CCN(C(=O)OC(C)(C)C)CC2)cc1)n1cnc2c1c(=O)n(C)c(=O)n2C. The highest BCUT2D eigenvalue weighted by Gasteiger charge is 2.26. The van der Waals surface area contributed by atoms with Gasteiger partial charge in [0.25, 0.3) is 5.56 Å². The molecule has 1 saturated heterocycles. The summed E-state index contributed by atoms with van der Waals surface area (Å²) >= 11 is 0. The number of aromatic nitrogens is 4. The summed E-state index contributed by atoms with van der Waals surface area (Å²) in [7, 11) is 2.97. The number of carbonyl (C=O) groups is 1. The lowest BCUT2D eigenvalue weighted by Gasteiger charge is -2.36. The molecule has 0 saturated carbocycles. The number of benzene rings is 1. The Morgan fingerprint density at radius 2 is 1.68 bits per heavy atom. The molecule has 0 radical (unpaired) electrons. The first-order chi connectivity index (χ1) is 17.4. The number of aliphatic hydroxyl groups excluding tert-OH is 1. The number of rotatable bonds is 5. The largest absolute Gasteiger partial charge is 0.444 e. The Kier molecular flexibility index (Phi) is 7.05. The average Bonchev–Trinajstić information content (AvgIpc) is 3.30. The number of piperazine rings is 1. The minimum atomic E-state index is -1.03. The topological polar surface area (TPSA) is 127 Å². The summed E-state index contributed by atoms with van der Waals surface area (Å²) in [5.41, 5.74) is 0.799. The van der Waals surface area contributed by atoms with Crippen LogP contribution in [0.2, 0.25) is 0 Å². The van der Waals surface area contributed by atoms with Crippen LogP contribution in [0, 0.1) is 0 Å². The molecule has 12 nitrogen and oxygen atoms in total. The van der Waals surface area contributed by atoms with Gasteiger partial charge in [-0.2, -0.15) is 0 Å². The molecule has 1 aromatic carbocycles. The molecule has 2 unspecified atom stereocenters. The van der Waals surface area contributed by atoms with E-state index in [4.69, 9.17) is 4.74 Å². The van der Waals surface area contributed by atoms with E-state index in [0.29, 0.717) is 31.9 Å². The third-order valence-corrected chi connectivity index (χ3v) is 6.55. The van der Waals surface area contributed by atoms with Crippen LogP contribution in [0.3, 0.4) is 0 Å². The number of aliphatic hydroxyl groups is 1. The maximum Gasteiger partial charge on any atom is 0.410 e. The number of carbonyl (C=O) groups excluding carboxylic acids is 1. The molecule has 3 heterocycles. The van der Waals surface area contributed by atoms with Gasteiger partial charge in [0.2, 0.25) is 0 Å². The smallest absolute Gasteiger partial charge is 0.410 e. The van der Waals surface area contributed by atoms with E-state index in [0.717, 1.165) is 10.3 Å². The van der Waals surface area contributed by atoms with Gasteiger partial charge in [-0.3, -0.25) is 13.9 Å². The van der Waals surface area contributed by atoms with Gasteiger partial charge in [-0.05, 0) is 52.0 Å². The van der Waals surface area contributed by atoms with Crippen molar-refractivity contribution in [1.82, 2.24) is 23.6 Å². The van der Waals surface area contributed by atoms with Crippen LogP contribution in [0.4, 0.5) is 16.2 Å². The first kappa shape index (κ1) is 26.3. The molecule has 1 aliphatic rings. The maximum atomic E-state index is 12.7. The Morgan fingerprint density at radius 3 is 2.27 bits per heavy atom. The number of hydrogen-bond acceptors (Lipinski definition) is 8. The zero-order chi connectivity index (χ0) is 27.1. The molecule has 2 aromatic heterocycles. The summed E-state index contributed by atoms with van der Waals surface area (Å²) in [5.74, 6) is 0. The van der Waals surface area contributed by atoms with Gasteiger partial charge in [0.1, 0.15) is 11.8 Å². The van der Waals surface area contributed by atoms with Gasteiger partial charge < -0.3 is 29.5 Å². The van der Waals surface area contributed by atoms with E-state index >= 15 is 0 Å². The van der Waals surface area contributed by atoms with Crippen molar-refractivity contribution in [2.24, 2.45) is 14.1 Å². The minimum absolute atomic E-state index is 0.249. The van der Waals surface area contributed by atoms with E-state index in [1.165, 1.54) is 17.9 Å². The fourth-order valence-electron chi connectivity index (χ4n) is 4.36. The van der Waals surface area contributed by atoms with E-state index in [2.05, 4.69) is 15.2 Å². The summed E-state index contributed by atoms with van der Waals surface area (Å²) in [4.78, 5) is 45.4. The van der Waals surface area contributed by atoms with Gasteiger partial charge in [0.15, 0.2) is 11.2 Å². The van der Waals surface area contributed by atoms with Gasteiger partial charge in [0, 0.05) is 51.6 Å². The molecule has 2 atom stereocenters. The number of amides is 1. The van der Waals surface area contributed by atoms with Gasteiger partial charge in [-0.1, -0.05) is 0 Å². The number of nitrogens with zero attached hydrogens (tertiary/aromatic N) is 6. The summed E-state index contributed by atoms with van der Waals surface area (Å²) < 4.78 is 9.38. The molecule has 1 amide bonds.